The van der Waals surface area contributed by atoms with Gasteiger partial charge >= 0.3 is 0 Å². The van der Waals surface area contributed by atoms with Crippen LogP contribution in [0.5, 0.6) is 0 Å². The van der Waals surface area contributed by atoms with E-state index in [1.54, 1.807) is 17.1 Å². The van der Waals surface area contributed by atoms with E-state index in [1.807, 2.05) is 24.3 Å². The third-order valence-corrected chi connectivity index (χ3v) is 3.50. The van der Waals surface area contributed by atoms with Crippen LogP contribution >= 0.6 is 0 Å². The largest absolute Gasteiger partial charge is 0.324 e. The van der Waals surface area contributed by atoms with Crippen molar-refractivity contribution in [2.45, 2.75) is 12.8 Å². The van der Waals surface area contributed by atoms with Gasteiger partial charge in [-0.3, -0.25) is 4.79 Å². The molecule has 104 valence electrons. The third-order valence-electron chi connectivity index (χ3n) is 3.50. The van der Waals surface area contributed by atoms with E-state index >= 15 is 0 Å². The molecule has 1 aromatic carbocycles. The summed E-state index contributed by atoms with van der Waals surface area (Å²) in [5.74, 6) is 0.0947. The van der Waals surface area contributed by atoms with Gasteiger partial charge in [0.15, 0.2) is 0 Å². The summed E-state index contributed by atoms with van der Waals surface area (Å²) in [6.45, 7) is 1.75. The normalized spacial score (nSPS) is 18.7. The van der Waals surface area contributed by atoms with E-state index in [2.05, 4.69) is 20.9 Å². The Balaban J connectivity index is 1.79. The molecule has 1 amide bonds. The summed E-state index contributed by atoms with van der Waals surface area (Å²) >= 11 is 0. The van der Waals surface area contributed by atoms with Crippen LogP contribution in [0.25, 0.3) is 5.69 Å². The average Bonchev–Trinajstić information content (AvgIpc) is 3.03. The van der Waals surface area contributed by atoms with Gasteiger partial charge in [0, 0.05) is 6.54 Å². The maximum Gasteiger partial charge on any atom is 0.228 e. The van der Waals surface area contributed by atoms with Crippen LogP contribution in [0.2, 0.25) is 0 Å². The van der Waals surface area contributed by atoms with Gasteiger partial charge in [-0.05, 0) is 31.5 Å². The molecule has 0 radical (unpaired) electrons. The standard InChI is InChI=1S/C14H17N5O/c20-14(11-4-3-7-15-10-11)17-12-5-1-2-6-13(12)19-9-8-16-18-19/h1-2,5-6,8-9,11,15H,3-4,7,10H2,(H,17,20)/t11-/m0/s1. The van der Waals surface area contributed by atoms with Gasteiger partial charge in [0.1, 0.15) is 0 Å². The summed E-state index contributed by atoms with van der Waals surface area (Å²) in [5, 5.41) is 14.0. The summed E-state index contributed by atoms with van der Waals surface area (Å²) in [6.07, 6.45) is 5.35. The fourth-order valence-electron chi connectivity index (χ4n) is 2.43. The summed E-state index contributed by atoms with van der Waals surface area (Å²) in [5.41, 5.74) is 1.58. The molecule has 2 heterocycles. The van der Waals surface area contributed by atoms with Crippen LogP contribution in [-0.2, 0) is 4.79 Å². The molecule has 6 heteroatoms. The monoisotopic (exact) mass is 271 g/mol. The molecule has 1 aromatic heterocycles. The van der Waals surface area contributed by atoms with Crippen molar-refractivity contribution in [2.75, 3.05) is 18.4 Å². The highest BCUT2D eigenvalue weighted by Crippen LogP contribution is 2.20. The van der Waals surface area contributed by atoms with Gasteiger partial charge < -0.3 is 10.6 Å². The van der Waals surface area contributed by atoms with Gasteiger partial charge in [-0.15, -0.1) is 5.10 Å². The smallest absolute Gasteiger partial charge is 0.228 e. The Labute approximate surface area is 117 Å². The maximum absolute atomic E-state index is 12.3. The zero-order valence-corrected chi connectivity index (χ0v) is 11.1. The zero-order chi connectivity index (χ0) is 13.8. The molecule has 1 saturated heterocycles. The van der Waals surface area contributed by atoms with E-state index in [-0.39, 0.29) is 11.8 Å². The number of nitrogens with zero attached hydrogens (tertiary/aromatic N) is 3. The molecule has 3 rings (SSSR count). The minimum Gasteiger partial charge on any atom is -0.324 e. The predicted molar refractivity (Wildman–Crippen MR) is 75.6 cm³/mol. The first-order chi connectivity index (χ1) is 9.84. The molecule has 20 heavy (non-hydrogen) atoms. The molecule has 1 atom stereocenters. The first-order valence-electron chi connectivity index (χ1n) is 6.82. The molecule has 0 saturated carbocycles. The number of amides is 1. The van der Waals surface area contributed by atoms with Crippen molar-refractivity contribution in [1.82, 2.24) is 20.3 Å². The number of carbonyl (C=O) groups is 1. The van der Waals surface area contributed by atoms with Crippen molar-refractivity contribution in [3.8, 4) is 5.69 Å². The first kappa shape index (κ1) is 12.8. The molecular formula is C14H17N5O. The molecule has 2 N–H and O–H groups in total. The number of hydrogen-bond donors (Lipinski definition) is 2. The number of rotatable bonds is 3. The maximum atomic E-state index is 12.3. The quantitative estimate of drug-likeness (QED) is 0.880. The van der Waals surface area contributed by atoms with Gasteiger partial charge in [0.2, 0.25) is 5.91 Å². The van der Waals surface area contributed by atoms with Gasteiger partial charge in [0.25, 0.3) is 0 Å². The van der Waals surface area contributed by atoms with Crippen LogP contribution in [0, 0.1) is 5.92 Å². The lowest BCUT2D eigenvalue weighted by atomic mass is 9.99. The number of hydrogen-bond acceptors (Lipinski definition) is 4. The minimum absolute atomic E-state index is 0.0348. The van der Waals surface area contributed by atoms with Gasteiger partial charge in [-0.25, -0.2) is 4.68 Å². The van der Waals surface area contributed by atoms with E-state index in [1.165, 1.54) is 0 Å². The van der Waals surface area contributed by atoms with Crippen LogP contribution in [0.15, 0.2) is 36.7 Å². The predicted octanol–water partition coefficient (Wildman–Crippen LogP) is 1.21. The van der Waals surface area contributed by atoms with Crippen LogP contribution in [-0.4, -0.2) is 34.0 Å². The molecular weight excluding hydrogens is 254 g/mol. The Morgan fingerprint density at radius 2 is 2.30 bits per heavy atom. The molecule has 0 bridgehead atoms. The lowest BCUT2D eigenvalue weighted by molar-refractivity contribution is -0.120. The summed E-state index contributed by atoms with van der Waals surface area (Å²) in [6, 6.07) is 7.60. The van der Waals surface area contributed by atoms with Crippen LogP contribution < -0.4 is 10.6 Å². The molecule has 1 aliphatic rings. The number of piperidine rings is 1. The molecule has 1 fully saturated rings. The van der Waals surface area contributed by atoms with E-state index in [0.29, 0.717) is 0 Å². The first-order valence-corrected chi connectivity index (χ1v) is 6.82. The molecule has 6 nitrogen and oxygen atoms in total. The molecule has 0 aliphatic carbocycles. The Hall–Kier alpha value is -2.21. The minimum atomic E-state index is 0.0348. The number of nitrogens with one attached hydrogen (secondary N) is 2. The highest BCUT2D eigenvalue weighted by molar-refractivity contribution is 5.94. The second kappa shape index (κ2) is 5.83. The lowest BCUT2D eigenvalue weighted by Gasteiger charge is -2.22. The fraction of sp³-hybridized carbons (Fsp3) is 0.357. The van der Waals surface area contributed by atoms with E-state index in [0.717, 1.165) is 37.3 Å². The van der Waals surface area contributed by atoms with Crippen molar-refractivity contribution in [3.63, 3.8) is 0 Å². The number of anilines is 1. The Kier molecular flexibility index (Phi) is 3.73. The lowest BCUT2D eigenvalue weighted by Crippen LogP contribution is -2.37. The number of aromatic nitrogens is 3. The number of para-hydroxylation sites is 2. The highest BCUT2D eigenvalue weighted by atomic mass is 16.1. The zero-order valence-electron chi connectivity index (χ0n) is 11.1. The van der Waals surface area contributed by atoms with Crippen molar-refractivity contribution >= 4 is 11.6 Å². The Bertz CT molecular complexity index is 575. The van der Waals surface area contributed by atoms with Crippen molar-refractivity contribution in [1.29, 1.82) is 0 Å². The van der Waals surface area contributed by atoms with Gasteiger partial charge in [0.05, 0.1) is 29.7 Å². The number of benzene rings is 1. The Morgan fingerprint density at radius 3 is 3.05 bits per heavy atom. The van der Waals surface area contributed by atoms with Crippen molar-refractivity contribution in [2.24, 2.45) is 5.92 Å². The Morgan fingerprint density at radius 1 is 1.40 bits per heavy atom. The van der Waals surface area contributed by atoms with Crippen LogP contribution in [0.4, 0.5) is 5.69 Å². The summed E-state index contributed by atoms with van der Waals surface area (Å²) < 4.78 is 1.65. The average molecular weight is 271 g/mol. The fourth-order valence-corrected chi connectivity index (χ4v) is 2.43. The highest BCUT2D eigenvalue weighted by Gasteiger charge is 2.21. The molecule has 1 aliphatic heterocycles. The second-order valence-corrected chi connectivity index (χ2v) is 4.90. The summed E-state index contributed by atoms with van der Waals surface area (Å²) in [7, 11) is 0. The van der Waals surface area contributed by atoms with Crippen molar-refractivity contribution < 1.29 is 4.79 Å². The van der Waals surface area contributed by atoms with E-state index in [4.69, 9.17) is 0 Å². The SMILES string of the molecule is O=C(Nc1ccccc1-n1ccnn1)[C@H]1CCCNC1. The van der Waals surface area contributed by atoms with Gasteiger partial charge in [-0.1, -0.05) is 17.3 Å². The van der Waals surface area contributed by atoms with Crippen LogP contribution in [0.3, 0.4) is 0 Å². The van der Waals surface area contributed by atoms with E-state index < -0.39 is 0 Å². The molecule has 0 unspecified atom stereocenters. The van der Waals surface area contributed by atoms with E-state index in [9.17, 15) is 4.79 Å². The second-order valence-electron chi connectivity index (χ2n) is 4.90. The molecule has 2 aromatic rings. The van der Waals surface area contributed by atoms with Crippen molar-refractivity contribution in [3.05, 3.63) is 36.7 Å². The summed E-state index contributed by atoms with van der Waals surface area (Å²) in [4.78, 5) is 12.3. The van der Waals surface area contributed by atoms with Crippen LogP contribution in [0.1, 0.15) is 12.8 Å². The topological polar surface area (TPSA) is 71.8 Å². The van der Waals surface area contributed by atoms with Gasteiger partial charge in [-0.2, -0.15) is 0 Å². The number of carbonyl (C=O) groups excluding carboxylic acids is 1. The molecule has 0 spiro atoms. The third kappa shape index (κ3) is 2.70.